The smallest absolute Gasteiger partial charge is 0.257 e. The van der Waals surface area contributed by atoms with Crippen molar-refractivity contribution < 1.29 is 4.79 Å². The Hall–Kier alpha value is -2.79. The van der Waals surface area contributed by atoms with Gasteiger partial charge in [0, 0.05) is 36.7 Å². The first-order valence-electron chi connectivity index (χ1n) is 8.26. The molecule has 0 saturated heterocycles. The summed E-state index contributed by atoms with van der Waals surface area (Å²) in [6.07, 6.45) is 3.51. The summed E-state index contributed by atoms with van der Waals surface area (Å²) in [4.78, 5) is 19.0. The van der Waals surface area contributed by atoms with Gasteiger partial charge in [-0.25, -0.2) is 0 Å². The number of hydrogen-bond donors (Lipinski definition) is 1. The zero-order valence-corrected chi connectivity index (χ0v) is 16.0. The summed E-state index contributed by atoms with van der Waals surface area (Å²) in [7, 11) is 3.85. The average Bonchev–Trinajstić information content (AvgIpc) is 2.90. The molecule has 0 unspecified atom stereocenters. The molecule has 0 fully saturated rings. The van der Waals surface area contributed by atoms with Crippen LogP contribution in [0.1, 0.15) is 21.7 Å². The molecule has 0 spiro atoms. The third-order valence-corrected chi connectivity index (χ3v) is 4.50. The number of nitrogens with zero attached hydrogens (tertiary/aromatic N) is 3. The molecule has 0 radical (unpaired) electrons. The Bertz CT molecular complexity index is 948. The predicted octanol–water partition coefficient (Wildman–Crippen LogP) is 4.46. The molecule has 6 heteroatoms. The van der Waals surface area contributed by atoms with Crippen LogP contribution in [0.2, 0.25) is 5.02 Å². The molecule has 0 saturated carbocycles. The van der Waals surface area contributed by atoms with Gasteiger partial charge in [-0.2, -0.15) is 0 Å². The molecule has 134 valence electrons. The quantitative estimate of drug-likeness (QED) is 0.739. The first kappa shape index (κ1) is 18.0. The summed E-state index contributed by atoms with van der Waals surface area (Å²) in [6, 6.07) is 11.2. The van der Waals surface area contributed by atoms with Crippen molar-refractivity contribution in [3.05, 3.63) is 70.8 Å². The van der Waals surface area contributed by atoms with Gasteiger partial charge in [-0.15, -0.1) is 0 Å². The standard InChI is InChI=1S/C20H21ClN4O/c1-13-10-17(14(2)25(13)16-6-5-9-22-12-16)20(26)23-18-11-15(21)7-8-19(18)24(3)4/h5-12H,1-4H3,(H,23,26). The van der Waals surface area contributed by atoms with Gasteiger partial charge >= 0.3 is 0 Å². The van der Waals surface area contributed by atoms with Crippen LogP contribution in [-0.2, 0) is 0 Å². The molecule has 0 aliphatic rings. The summed E-state index contributed by atoms with van der Waals surface area (Å²) in [5.41, 5.74) is 4.96. The number of rotatable bonds is 4. The summed E-state index contributed by atoms with van der Waals surface area (Å²) < 4.78 is 2.02. The number of pyridine rings is 1. The molecule has 3 aromatic rings. The van der Waals surface area contributed by atoms with E-state index in [1.54, 1.807) is 24.5 Å². The Morgan fingerprint density at radius 2 is 1.96 bits per heavy atom. The number of aryl methyl sites for hydroxylation is 1. The maximum absolute atomic E-state index is 12.9. The topological polar surface area (TPSA) is 50.2 Å². The number of aromatic nitrogens is 2. The van der Waals surface area contributed by atoms with E-state index in [1.165, 1.54) is 0 Å². The summed E-state index contributed by atoms with van der Waals surface area (Å²) >= 11 is 6.11. The highest BCUT2D eigenvalue weighted by Gasteiger charge is 2.18. The Morgan fingerprint density at radius 3 is 2.62 bits per heavy atom. The van der Waals surface area contributed by atoms with Gasteiger partial charge in [0.15, 0.2) is 0 Å². The van der Waals surface area contributed by atoms with Crippen molar-refractivity contribution in [2.24, 2.45) is 0 Å². The van der Waals surface area contributed by atoms with Gasteiger partial charge in [0.1, 0.15) is 0 Å². The minimum absolute atomic E-state index is 0.168. The number of amides is 1. The number of carbonyl (C=O) groups is 1. The van der Waals surface area contributed by atoms with Gasteiger partial charge in [-0.3, -0.25) is 9.78 Å². The number of anilines is 2. The molecule has 0 atom stereocenters. The SMILES string of the molecule is Cc1cc(C(=O)Nc2cc(Cl)ccc2N(C)C)c(C)n1-c1cccnc1. The van der Waals surface area contributed by atoms with Gasteiger partial charge in [0.05, 0.1) is 28.8 Å². The van der Waals surface area contributed by atoms with Gasteiger partial charge in [-0.1, -0.05) is 11.6 Å². The van der Waals surface area contributed by atoms with Crippen molar-refractivity contribution >= 4 is 28.9 Å². The molecule has 3 rings (SSSR count). The Kier molecular flexibility index (Phi) is 5.00. The van der Waals surface area contributed by atoms with Crippen molar-refractivity contribution in [2.45, 2.75) is 13.8 Å². The molecule has 1 N–H and O–H groups in total. The van der Waals surface area contributed by atoms with E-state index in [-0.39, 0.29) is 5.91 Å². The van der Waals surface area contributed by atoms with Crippen molar-refractivity contribution in [3.8, 4) is 5.69 Å². The minimum Gasteiger partial charge on any atom is -0.376 e. The van der Waals surface area contributed by atoms with Crippen LogP contribution in [0, 0.1) is 13.8 Å². The van der Waals surface area contributed by atoms with Crippen LogP contribution in [0.15, 0.2) is 48.8 Å². The highest BCUT2D eigenvalue weighted by molar-refractivity contribution is 6.31. The van der Waals surface area contributed by atoms with E-state index in [2.05, 4.69) is 10.3 Å². The van der Waals surface area contributed by atoms with E-state index >= 15 is 0 Å². The molecular weight excluding hydrogens is 348 g/mol. The Labute approximate surface area is 158 Å². The zero-order valence-electron chi connectivity index (χ0n) is 15.2. The van der Waals surface area contributed by atoms with Gasteiger partial charge in [0.2, 0.25) is 0 Å². The van der Waals surface area contributed by atoms with Gasteiger partial charge in [0.25, 0.3) is 5.91 Å². The lowest BCUT2D eigenvalue weighted by molar-refractivity contribution is 0.102. The van der Waals surface area contributed by atoms with Crippen molar-refractivity contribution in [1.82, 2.24) is 9.55 Å². The van der Waals surface area contributed by atoms with Crippen LogP contribution >= 0.6 is 11.6 Å². The Balaban J connectivity index is 1.97. The number of nitrogens with one attached hydrogen (secondary N) is 1. The second-order valence-corrected chi connectivity index (χ2v) is 6.78. The van der Waals surface area contributed by atoms with E-state index < -0.39 is 0 Å². The van der Waals surface area contributed by atoms with Crippen LogP contribution in [0.25, 0.3) is 5.69 Å². The zero-order chi connectivity index (χ0) is 18.8. The fourth-order valence-corrected chi connectivity index (χ4v) is 3.24. The largest absolute Gasteiger partial charge is 0.376 e. The lowest BCUT2D eigenvalue weighted by Gasteiger charge is -2.18. The second kappa shape index (κ2) is 7.22. The molecule has 0 bridgehead atoms. The normalized spacial score (nSPS) is 10.7. The van der Waals surface area contributed by atoms with Gasteiger partial charge in [-0.05, 0) is 50.2 Å². The van der Waals surface area contributed by atoms with Crippen LogP contribution in [0.3, 0.4) is 0 Å². The number of halogens is 1. The van der Waals surface area contributed by atoms with E-state index in [9.17, 15) is 4.79 Å². The molecule has 26 heavy (non-hydrogen) atoms. The molecule has 1 amide bonds. The van der Waals surface area contributed by atoms with Crippen molar-refractivity contribution in [3.63, 3.8) is 0 Å². The molecule has 2 heterocycles. The van der Waals surface area contributed by atoms with Crippen molar-refractivity contribution in [1.29, 1.82) is 0 Å². The number of carbonyl (C=O) groups excluding carboxylic acids is 1. The molecule has 5 nitrogen and oxygen atoms in total. The molecule has 1 aromatic carbocycles. The van der Waals surface area contributed by atoms with Crippen LogP contribution < -0.4 is 10.2 Å². The maximum atomic E-state index is 12.9. The van der Waals surface area contributed by atoms with E-state index in [4.69, 9.17) is 11.6 Å². The van der Waals surface area contributed by atoms with E-state index in [1.807, 2.05) is 61.7 Å². The highest BCUT2D eigenvalue weighted by Crippen LogP contribution is 2.29. The third kappa shape index (κ3) is 3.44. The Morgan fingerprint density at radius 1 is 1.19 bits per heavy atom. The fourth-order valence-electron chi connectivity index (χ4n) is 3.06. The first-order valence-corrected chi connectivity index (χ1v) is 8.64. The second-order valence-electron chi connectivity index (χ2n) is 6.34. The number of hydrogen-bond acceptors (Lipinski definition) is 3. The van der Waals surface area contributed by atoms with E-state index in [0.29, 0.717) is 16.3 Å². The minimum atomic E-state index is -0.168. The molecule has 0 aliphatic heterocycles. The monoisotopic (exact) mass is 368 g/mol. The number of benzene rings is 1. The van der Waals surface area contributed by atoms with Crippen LogP contribution in [-0.4, -0.2) is 29.6 Å². The molecule has 2 aromatic heterocycles. The van der Waals surface area contributed by atoms with Crippen molar-refractivity contribution in [2.75, 3.05) is 24.3 Å². The van der Waals surface area contributed by atoms with Crippen LogP contribution in [0.4, 0.5) is 11.4 Å². The highest BCUT2D eigenvalue weighted by atomic mass is 35.5. The maximum Gasteiger partial charge on any atom is 0.257 e. The molecule has 0 aliphatic carbocycles. The van der Waals surface area contributed by atoms with Crippen LogP contribution in [0.5, 0.6) is 0 Å². The third-order valence-electron chi connectivity index (χ3n) is 4.27. The average molecular weight is 369 g/mol. The van der Waals surface area contributed by atoms with Gasteiger partial charge < -0.3 is 14.8 Å². The lowest BCUT2D eigenvalue weighted by atomic mass is 10.2. The predicted molar refractivity (Wildman–Crippen MR) is 107 cm³/mol. The summed E-state index contributed by atoms with van der Waals surface area (Å²) in [5, 5.41) is 3.56. The summed E-state index contributed by atoms with van der Waals surface area (Å²) in [6.45, 7) is 3.90. The van der Waals surface area contributed by atoms with E-state index in [0.717, 1.165) is 22.8 Å². The fraction of sp³-hybridized carbons (Fsp3) is 0.200. The first-order chi connectivity index (χ1) is 12.4. The lowest BCUT2D eigenvalue weighted by Crippen LogP contribution is -2.17. The summed E-state index contributed by atoms with van der Waals surface area (Å²) in [5.74, 6) is -0.168. The molecular formula is C20H21ClN4O.